The molecule has 13 heavy (non-hydrogen) atoms. The molecular formula is C7H6N2O3S. The van der Waals surface area contributed by atoms with Crippen LogP contribution in [0.25, 0.3) is 5.57 Å². The van der Waals surface area contributed by atoms with E-state index in [1.807, 2.05) is 0 Å². The number of nitro groups is 1. The number of primary amides is 1. The van der Waals surface area contributed by atoms with Crippen molar-refractivity contribution in [3.05, 3.63) is 33.7 Å². The van der Waals surface area contributed by atoms with E-state index in [1.54, 1.807) is 0 Å². The van der Waals surface area contributed by atoms with Crippen molar-refractivity contribution in [2.24, 2.45) is 5.73 Å². The van der Waals surface area contributed by atoms with E-state index in [-0.39, 0.29) is 10.6 Å². The first-order valence-corrected chi connectivity index (χ1v) is 4.07. The van der Waals surface area contributed by atoms with E-state index in [4.69, 9.17) is 5.73 Å². The number of amides is 1. The van der Waals surface area contributed by atoms with Crippen LogP contribution in [0.15, 0.2) is 18.7 Å². The van der Waals surface area contributed by atoms with Gasteiger partial charge in [-0.25, -0.2) is 0 Å². The second-order valence-corrected chi connectivity index (χ2v) is 3.30. The zero-order valence-electron chi connectivity index (χ0n) is 6.52. The Labute approximate surface area is 77.6 Å². The van der Waals surface area contributed by atoms with Gasteiger partial charge in [0.2, 0.25) is 5.91 Å². The van der Waals surface area contributed by atoms with Gasteiger partial charge in [-0.2, -0.15) is 0 Å². The van der Waals surface area contributed by atoms with Gasteiger partial charge < -0.3 is 5.73 Å². The normalized spacial score (nSPS) is 9.54. The lowest BCUT2D eigenvalue weighted by atomic mass is 10.2. The van der Waals surface area contributed by atoms with Crippen LogP contribution < -0.4 is 5.73 Å². The third-order valence-electron chi connectivity index (χ3n) is 1.37. The zero-order chi connectivity index (χ0) is 10.0. The third kappa shape index (κ3) is 1.91. The Morgan fingerprint density at radius 1 is 1.62 bits per heavy atom. The van der Waals surface area contributed by atoms with Gasteiger partial charge in [-0.1, -0.05) is 17.9 Å². The molecule has 1 rings (SSSR count). The lowest BCUT2D eigenvalue weighted by molar-refractivity contribution is -0.380. The Bertz CT molecular complexity index is 383. The number of hydrogen-bond acceptors (Lipinski definition) is 4. The zero-order valence-corrected chi connectivity index (χ0v) is 7.34. The van der Waals surface area contributed by atoms with Crippen LogP contribution in [0.3, 0.4) is 0 Å². The van der Waals surface area contributed by atoms with Gasteiger partial charge in [-0.15, -0.1) is 0 Å². The predicted octanol–water partition coefficient (Wildman–Crippen LogP) is 1.15. The van der Waals surface area contributed by atoms with Crippen LogP contribution in [-0.2, 0) is 4.79 Å². The van der Waals surface area contributed by atoms with E-state index in [9.17, 15) is 14.9 Å². The summed E-state index contributed by atoms with van der Waals surface area (Å²) in [4.78, 5) is 20.8. The quantitative estimate of drug-likeness (QED) is 0.449. The number of carbonyl (C=O) groups is 1. The molecule has 1 heterocycles. The number of nitrogens with two attached hydrogens (primary N) is 1. The SMILES string of the molecule is C=C(C(N)=O)c1ccc([N+](=O)[O-])s1. The van der Waals surface area contributed by atoms with Gasteiger partial charge in [-0.05, 0) is 6.07 Å². The first-order valence-electron chi connectivity index (χ1n) is 3.25. The smallest absolute Gasteiger partial charge is 0.324 e. The average molecular weight is 198 g/mol. The molecule has 0 atom stereocenters. The maximum Gasteiger partial charge on any atom is 0.324 e. The highest BCUT2D eigenvalue weighted by molar-refractivity contribution is 7.16. The Kier molecular flexibility index (Phi) is 2.43. The number of nitrogens with zero attached hydrogens (tertiary/aromatic N) is 1. The summed E-state index contributed by atoms with van der Waals surface area (Å²) in [6.07, 6.45) is 0. The molecule has 5 nitrogen and oxygen atoms in total. The molecule has 6 heteroatoms. The second kappa shape index (κ2) is 3.36. The van der Waals surface area contributed by atoms with Crippen LogP contribution in [0.4, 0.5) is 5.00 Å². The highest BCUT2D eigenvalue weighted by atomic mass is 32.1. The number of rotatable bonds is 3. The van der Waals surface area contributed by atoms with Gasteiger partial charge in [0.15, 0.2) is 0 Å². The van der Waals surface area contributed by atoms with E-state index in [0.717, 1.165) is 11.3 Å². The summed E-state index contributed by atoms with van der Waals surface area (Å²) >= 11 is 0.878. The minimum absolute atomic E-state index is 0.0302. The standard InChI is InChI=1S/C7H6N2O3S/c1-4(7(8)10)5-2-3-6(13-5)9(11)12/h2-3H,1H2,(H2,8,10). The largest absolute Gasteiger partial charge is 0.366 e. The van der Waals surface area contributed by atoms with Gasteiger partial charge >= 0.3 is 5.00 Å². The second-order valence-electron chi connectivity index (χ2n) is 2.24. The minimum Gasteiger partial charge on any atom is -0.366 e. The molecule has 1 aromatic heterocycles. The van der Waals surface area contributed by atoms with Crippen molar-refractivity contribution in [3.8, 4) is 0 Å². The van der Waals surface area contributed by atoms with Gasteiger partial charge in [0.1, 0.15) is 0 Å². The number of hydrogen-bond donors (Lipinski definition) is 1. The van der Waals surface area contributed by atoms with Crippen LogP contribution in [0.1, 0.15) is 4.88 Å². The summed E-state index contributed by atoms with van der Waals surface area (Å²) in [5, 5.41) is 10.2. The van der Waals surface area contributed by atoms with Crippen molar-refractivity contribution in [3.63, 3.8) is 0 Å². The van der Waals surface area contributed by atoms with E-state index in [1.165, 1.54) is 12.1 Å². The summed E-state index contributed by atoms with van der Waals surface area (Å²) in [7, 11) is 0. The predicted molar refractivity (Wildman–Crippen MR) is 49.2 cm³/mol. The molecule has 1 aromatic rings. The Hall–Kier alpha value is -1.69. The van der Waals surface area contributed by atoms with Crippen LogP contribution in [0, 0.1) is 10.1 Å². The fourth-order valence-corrected chi connectivity index (χ4v) is 1.51. The van der Waals surface area contributed by atoms with Crippen molar-refractivity contribution in [1.29, 1.82) is 0 Å². The third-order valence-corrected chi connectivity index (χ3v) is 2.46. The van der Waals surface area contributed by atoms with Crippen molar-refractivity contribution in [1.82, 2.24) is 0 Å². The molecule has 0 unspecified atom stereocenters. The Morgan fingerprint density at radius 2 is 2.23 bits per heavy atom. The monoisotopic (exact) mass is 198 g/mol. The molecule has 0 bridgehead atoms. The van der Waals surface area contributed by atoms with Crippen LogP contribution in [-0.4, -0.2) is 10.8 Å². The van der Waals surface area contributed by atoms with Crippen molar-refractivity contribution < 1.29 is 9.72 Å². The van der Waals surface area contributed by atoms with Gasteiger partial charge in [0.05, 0.1) is 4.92 Å². The first kappa shape index (κ1) is 9.40. The summed E-state index contributed by atoms with van der Waals surface area (Å²) in [5.74, 6) is -0.670. The molecular weight excluding hydrogens is 192 g/mol. The van der Waals surface area contributed by atoms with E-state index in [0.29, 0.717) is 4.88 Å². The topological polar surface area (TPSA) is 86.2 Å². The highest BCUT2D eigenvalue weighted by Crippen LogP contribution is 2.28. The van der Waals surface area contributed by atoms with Crippen molar-refractivity contribution in [2.75, 3.05) is 0 Å². The molecule has 0 fully saturated rings. The maximum atomic E-state index is 10.6. The van der Waals surface area contributed by atoms with Crippen LogP contribution in [0.2, 0.25) is 0 Å². The lowest BCUT2D eigenvalue weighted by Gasteiger charge is -1.92. The van der Waals surface area contributed by atoms with Crippen LogP contribution in [0.5, 0.6) is 0 Å². The molecule has 0 aromatic carbocycles. The fourth-order valence-electron chi connectivity index (χ4n) is 0.709. The molecule has 0 radical (unpaired) electrons. The van der Waals surface area contributed by atoms with Crippen molar-refractivity contribution >= 4 is 27.8 Å². The van der Waals surface area contributed by atoms with Gasteiger partial charge in [0.25, 0.3) is 0 Å². The lowest BCUT2D eigenvalue weighted by Crippen LogP contribution is -2.10. The fraction of sp³-hybridized carbons (Fsp3) is 0. The minimum atomic E-state index is -0.670. The maximum absolute atomic E-state index is 10.6. The molecule has 1 amide bonds. The molecule has 2 N–H and O–H groups in total. The number of carbonyl (C=O) groups excluding carboxylic acids is 1. The molecule has 0 aliphatic heterocycles. The van der Waals surface area contributed by atoms with Crippen LogP contribution >= 0.6 is 11.3 Å². The van der Waals surface area contributed by atoms with Gasteiger partial charge in [0, 0.05) is 16.5 Å². The number of thiophene rings is 1. The van der Waals surface area contributed by atoms with Crippen molar-refractivity contribution in [2.45, 2.75) is 0 Å². The highest BCUT2D eigenvalue weighted by Gasteiger charge is 2.13. The molecule has 0 saturated carbocycles. The van der Waals surface area contributed by atoms with E-state index in [2.05, 4.69) is 6.58 Å². The summed E-state index contributed by atoms with van der Waals surface area (Å²) in [5.41, 5.74) is 5.05. The Balaban J connectivity index is 2.99. The van der Waals surface area contributed by atoms with E-state index >= 15 is 0 Å². The first-order chi connectivity index (χ1) is 6.02. The Morgan fingerprint density at radius 3 is 2.62 bits per heavy atom. The van der Waals surface area contributed by atoms with E-state index < -0.39 is 10.8 Å². The molecule has 0 saturated heterocycles. The molecule has 0 spiro atoms. The molecule has 0 aliphatic carbocycles. The summed E-state index contributed by atoms with van der Waals surface area (Å²) in [6, 6.07) is 2.77. The molecule has 68 valence electrons. The van der Waals surface area contributed by atoms with Gasteiger partial charge in [-0.3, -0.25) is 14.9 Å². The average Bonchev–Trinajstić information content (AvgIpc) is 2.50. The summed E-state index contributed by atoms with van der Waals surface area (Å²) < 4.78 is 0. The summed E-state index contributed by atoms with van der Waals surface area (Å²) in [6.45, 7) is 3.41. The molecule has 0 aliphatic rings.